The van der Waals surface area contributed by atoms with Crippen molar-refractivity contribution in [3.63, 3.8) is 0 Å². The van der Waals surface area contributed by atoms with Crippen LogP contribution in [0, 0.1) is 0 Å². The van der Waals surface area contributed by atoms with E-state index in [2.05, 4.69) is 10.1 Å². The lowest BCUT2D eigenvalue weighted by Gasteiger charge is -1.90. The van der Waals surface area contributed by atoms with Crippen LogP contribution in [0.15, 0.2) is 65.2 Å². The average Bonchev–Trinajstić information content (AvgIpc) is 2.96. The third-order valence-electron chi connectivity index (χ3n) is 2.69. The molecular weight excluding hydrogens is 236 g/mol. The van der Waals surface area contributed by atoms with Crippen LogP contribution in [-0.4, -0.2) is 10.1 Å². The summed E-state index contributed by atoms with van der Waals surface area (Å²) in [5.74, 6) is 1.11. The Bertz CT molecular complexity index is 672. The lowest BCUT2D eigenvalue weighted by Crippen LogP contribution is -1.77. The van der Waals surface area contributed by atoms with Gasteiger partial charge in [-0.3, -0.25) is 0 Å². The van der Waals surface area contributed by atoms with Crippen LogP contribution in [0.3, 0.4) is 0 Å². The Balaban J connectivity index is 1.81. The van der Waals surface area contributed by atoms with Gasteiger partial charge in [0.25, 0.3) is 5.89 Å². The van der Waals surface area contributed by atoms with Crippen LogP contribution in [0.4, 0.5) is 0 Å². The van der Waals surface area contributed by atoms with Crippen LogP contribution in [0.25, 0.3) is 23.6 Å². The first-order valence-corrected chi connectivity index (χ1v) is 6.04. The molecule has 3 nitrogen and oxygen atoms in total. The van der Waals surface area contributed by atoms with E-state index in [1.54, 1.807) is 0 Å². The second-order valence-electron chi connectivity index (χ2n) is 4.07. The van der Waals surface area contributed by atoms with E-state index in [9.17, 15) is 0 Å². The summed E-state index contributed by atoms with van der Waals surface area (Å²) in [5.41, 5.74) is 2.03. The molecule has 0 saturated heterocycles. The average molecular weight is 248 g/mol. The Morgan fingerprint density at radius 1 is 0.789 bits per heavy atom. The summed E-state index contributed by atoms with van der Waals surface area (Å²) in [7, 11) is 0. The Kier molecular flexibility index (Phi) is 3.19. The number of hydrogen-bond acceptors (Lipinski definition) is 3. The van der Waals surface area contributed by atoms with Gasteiger partial charge in [0.05, 0.1) is 0 Å². The number of hydrogen-bond donors (Lipinski definition) is 0. The minimum absolute atomic E-state index is 0.535. The van der Waals surface area contributed by atoms with Gasteiger partial charge in [-0.05, 0) is 23.8 Å². The molecule has 0 aliphatic rings. The second-order valence-corrected chi connectivity index (χ2v) is 4.07. The first kappa shape index (κ1) is 11.4. The van der Waals surface area contributed by atoms with Crippen molar-refractivity contribution in [2.24, 2.45) is 0 Å². The Morgan fingerprint density at radius 2 is 1.47 bits per heavy atom. The maximum Gasteiger partial charge on any atom is 0.258 e. The number of benzene rings is 2. The fourth-order valence-corrected chi connectivity index (χ4v) is 1.74. The first-order chi connectivity index (χ1) is 9.42. The van der Waals surface area contributed by atoms with Gasteiger partial charge in [-0.15, -0.1) is 0 Å². The quantitative estimate of drug-likeness (QED) is 0.705. The van der Waals surface area contributed by atoms with Gasteiger partial charge >= 0.3 is 0 Å². The van der Waals surface area contributed by atoms with Gasteiger partial charge in [0.2, 0.25) is 0 Å². The van der Waals surface area contributed by atoms with Crippen LogP contribution in [-0.2, 0) is 0 Å². The third-order valence-corrected chi connectivity index (χ3v) is 2.69. The zero-order chi connectivity index (χ0) is 12.9. The van der Waals surface area contributed by atoms with Gasteiger partial charge in [0.15, 0.2) is 5.82 Å². The fraction of sp³-hybridized carbons (Fsp3) is 0. The van der Waals surface area contributed by atoms with Crippen molar-refractivity contribution in [3.05, 3.63) is 72.1 Å². The van der Waals surface area contributed by atoms with E-state index < -0.39 is 0 Å². The lowest BCUT2D eigenvalue weighted by atomic mass is 10.2. The molecule has 1 heterocycles. The summed E-state index contributed by atoms with van der Waals surface area (Å²) in [6, 6.07) is 19.7. The normalized spacial score (nSPS) is 10.9. The van der Waals surface area contributed by atoms with Gasteiger partial charge < -0.3 is 4.52 Å². The summed E-state index contributed by atoms with van der Waals surface area (Å²) in [6.07, 6.45) is 3.80. The van der Waals surface area contributed by atoms with Crippen molar-refractivity contribution in [2.75, 3.05) is 0 Å². The van der Waals surface area contributed by atoms with Crippen LogP contribution in [0.5, 0.6) is 0 Å². The monoisotopic (exact) mass is 248 g/mol. The predicted octanol–water partition coefficient (Wildman–Crippen LogP) is 3.91. The number of nitrogens with zero attached hydrogens (tertiary/aromatic N) is 2. The molecular formula is C16H12N2O. The van der Waals surface area contributed by atoms with Crippen molar-refractivity contribution in [3.8, 4) is 11.5 Å². The van der Waals surface area contributed by atoms with E-state index >= 15 is 0 Å². The highest BCUT2D eigenvalue weighted by molar-refractivity contribution is 5.67. The van der Waals surface area contributed by atoms with E-state index in [0.29, 0.717) is 11.7 Å². The topological polar surface area (TPSA) is 38.9 Å². The molecule has 0 bridgehead atoms. The van der Waals surface area contributed by atoms with Crippen LogP contribution in [0.2, 0.25) is 0 Å². The highest BCUT2D eigenvalue weighted by Crippen LogP contribution is 2.16. The molecule has 2 aromatic carbocycles. The predicted molar refractivity (Wildman–Crippen MR) is 75.1 cm³/mol. The van der Waals surface area contributed by atoms with Gasteiger partial charge in [-0.25, -0.2) is 0 Å². The fourth-order valence-electron chi connectivity index (χ4n) is 1.74. The maximum absolute atomic E-state index is 5.23. The molecule has 92 valence electrons. The van der Waals surface area contributed by atoms with Crippen molar-refractivity contribution >= 4 is 12.2 Å². The van der Waals surface area contributed by atoms with E-state index in [-0.39, 0.29) is 0 Å². The molecule has 0 fully saturated rings. The molecule has 0 spiro atoms. The number of rotatable bonds is 3. The first-order valence-electron chi connectivity index (χ1n) is 6.04. The Morgan fingerprint density at radius 3 is 2.21 bits per heavy atom. The summed E-state index contributed by atoms with van der Waals surface area (Å²) in [5, 5.41) is 3.93. The summed E-state index contributed by atoms with van der Waals surface area (Å²) < 4.78 is 5.23. The minimum atomic E-state index is 0.535. The number of aromatic nitrogens is 2. The van der Waals surface area contributed by atoms with E-state index in [1.807, 2.05) is 72.8 Å². The summed E-state index contributed by atoms with van der Waals surface area (Å²) in [6.45, 7) is 0. The zero-order valence-electron chi connectivity index (χ0n) is 10.2. The van der Waals surface area contributed by atoms with Gasteiger partial charge in [-0.1, -0.05) is 59.8 Å². The van der Waals surface area contributed by atoms with Crippen molar-refractivity contribution < 1.29 is 4.52 Å². The standard InChI is InChI=1S/C16H12N2O/c1-3-7-13(8-4-1)11-12-15-17-16(19-18-15)14-9-5-2-6-10-14/h1-12H/b12-11-. The van der Waals surface area contributed by atoms with Gasteiger partial charge in [-0.2, -0.15) is 4.98 Å². The van der Waals surface area contributed by atoms with Gasteiger partial charge in [0.1, 0.15) is 0 Å². The molecule has 0 saturated carbocycles. The highest BCUT2D eigenvalue weighted by Gasteiger charge is 2.05. The van der Waals surface area contributed by atoms with E-state index in [1.165, 1.54) is 0 Å². The summed E-state index contributed by atoms with van der Waals surface area (Å²) >= 11 is 0. The molecule has 0 N–H and O–H groups in total. The summed E-state index contributed by atoms with van der Waals surface area (Å²) in [4.78, 5) is 4.33. The largest absolute Gasteiger partial charge is 0.334 e. The Labute approximate surface area is 111 Å². The SMILES string of the molecule is C(=C/c1noc(-c2ccccc2)n1)/c1ccccc1. The molecule has 0 atom stereocenters. The molecule has 0 amide bonds. The van der Waals surface area contributed by atoms with Crippen molar-refractivity contribution in [1.82, 2.24) is 10.1 Å². The Hall–Kier alpha value is -2.68. The smallest absolute Gasteiger partial charge is 0.258 e. The second kappa shape index (κ2) is 5.31. The lowest BCUT2D eigenvalue weighted by molar-refractivity contribution is 0.429. The molecule has 19 heavy (non-hydrogen) atoms. The highest BCUT2D eigenvalue weighted by atomic mass is 16.5. The molecule has 0 radical (unpaired) electrons. The van der Waals surface area contributed by atoms with Crippen LogP contribution in [0.1, 0.15) is 11.4 Å². The van der Waals surface area contributed by atoms with Gasteiger partial charge in [0, 0.05) is 5.56 Å². The third kappa shape index (κ3) is 2.77. The zero-order valence-corrected chi connectivity index (χ0v) is 10.2. The molecule has 0 aliphatic heterocycles. The molecule has 0 unspecified atom stereocenters. The minimum Gasteiger partial charge on any atom is -0.334 e. The van der Waals surface area contributed by atoms with Crippen LogP contribution < -0.4 is 0 Å². The molecule has 1 aromatic heterocycles. The van der Waals surface area contributed by atoms with Crippen molar-refractivity contribution in [1.29, 1.82) is 0 Å². The van der Waals surface area contributed by atoms with E-state index in [0.717, 1.165) is 11.1 Å². The molecule has 3 rings (SSSR count). The molecule has 0 aliphatic carbocycles. The molecule has 3 heteroatoms. The molecule has 3 aromatic rings. The van der Waals surface area contributed by atoms with E-state index in [4.69, 9.17) is 4.52 Å². The van der Waals surface area contributed by atoms with Crippen molar-refractivity contribution in [2.45, 2.75) is 0 Å². The van der Waals surface area contributed by atoms with Crippen LogP contribution >= 0.6 is 0 Å². The maximum atomic E-state index is 5.23.